The Hall–Kier alpha value is -1.92. The third kappa shape index (κ3) is 2.28. The second kappa shape index (κ2) is 5.22. The molecule has 0 spiro atoms. The topological polar surface area (TPSA) is 87.3 Å². The van der Waals surface area contributed by atoms with Crippen molar-refractivity contribution in [2.45, 2.75) is 19.4 Å². The molecule has 1 aliphatic heterocycles. The maximum absolute atomic E-state index is 10.1. The van der Waals surface area contributed by atoms with E-state index in [9.17, 15) is 5.11 Å². The summed E-state index contributed by atoms with van der Waals surface area (Å²) in [4.78, 5) is 10.9. The molecule has 1 aromatic heterocycles. The smallest absolute Gasteiger partial charge is 0.239 e. The summed E-state index contributed by atoms with van der Waals surface area (Å²) in [6.45, 7) is 3.54. The van der Waals surface area contributed by atoms with Crippen molar-refractivity contribution in [3.05, 3.63) is 24.3 Å². The number of hydrazine groups is 1. The Morgan fingerprint density at radius 2 is 2.15 bits per heavy atom. The second-order valence-corrected chi connectivity index (χ2v) is 5.31. The van der Waals surface area contributed by atoms with Crippen LogP contribution >= 0.6 is 0 Å². The number of fused-ring (bicyclic) bond motifs is 1. The average molecular weight is 273 g/mol. The standard InChI is InChI=1S/C14H19N5O/c1-9-6-7-19(8-12(9)20)13-10-4-2-3-5-11(10)16-14(17-13)18-15/h2-5,9,12,20H,6-8,15H2,1H3,(H,16,17,18). The van der Waals surface area contributed by atoms with Gasteiger partial charge in [0.15, 0.2) is 0 Å². The number of anilines is 2. The van der Waals surface area contributed by atoms with Crippen LogP contribution < -0.4 is 16.2 Å². The summed E-state index contributed by atoms with van der Waals surface area (Å²) in [5.74, 6) is 6.99. The average Bonchev–Trinajstić information content (AvgIpc) is 2.49. The third-order valence-electron chi connectivity index (χ3n) is 3.93. The molecular weight excluding hydrogens is 254 g/mol. The number of hydrogen-bond donors (Lipinski definition) is 3. The van der Waals surface area contributed by atoms with Gasteiger partial charge < -0.3 is 10.0 Å². The molecule has 2 heterocycles. The van der Waals surface area contributed by atoms with E-state index in [1.54, 1.807) is 0 Å². The number of nitrogen functional groups attached to an aromatic ring is 1. The van der Waals surface area contributed by atoms with Crippen LogP contribution in [0.3, 0.4) is 0 Å². The zero-order chi connectivity index (χ0) is 14.1. The number of nitrogens with zero attached hydrogens (tertiary/aromatic N) is 3. The molecule has 1 aliphatic rings. The molecular formula is C14H19N5O. The third-order valence-corrected chi connectivity index (χ3v) is 3.93. The molecule has 0 saturated carbocycles. The number of benzene rings is 1. The van der Waals surface area contributed by atoms with Crippen LogP contribution in [-0.2, 0) is 0 Å². The molecule has 2 unspecified atom stereocenters. The van der Waals surface area contributed by atoms with Gasteiger partial charge in [-0.25, -0.2) is 10.8 Å². The van der Waals surface area contributed by atoms with Gasteiger partial charge in [0.25, 0.3) is 0 Å². The van der Waals surface area contributed by atoms with Gasteiger partial charge in [0.05, 0.1) is 11.6 Å². The van der Waals surface area contributed by atoms with Gasteiger partial charge in [-0.1, -0.05) is 19.1 Å². The molecule has 4 N–H and O–H groups in total. The van der Waals surface area contributed by atoms with Crippen LogP contribution in [0.5, 0.6) is 0 Å². The normalized spacial score (nSPS) is 23.1. The molecule has 20 heavy (non-hydrogen) atoms. The monoisotopic (exact) mass is 273 g/mol. The van der Waals surface area contributed by atoms with Gasteiger partial charge in [-0.15, -0.1) is 0 Å². The number of aliphatic hydroxyl groups excluding tert-OH is 1. The zero-order valence-corrected chi connectivity index (χ0v) is 11.5. The predicted octanol–water partition coefficient (Wildman–Crippen LogP) is 1.12. The number of nitrogens with one attached hydrogen (secondary N) is 1. The Balaban J connectivity index is 2.05. The Labute approximate surface area is 117 Å². The van der Waals surface area contributed by atoms with Crippen molar-refractivity contribution in [2.75, 3.05) is 23.4 Å². The fourth-order valence-corrected chi connectivity index (χ4v) is 2.61. The van der Waals surface area contributed by atoms with Crippen LogP contribution in [0.15, 0.2) is 24.3 Å². The van der Waals surface area contributed by atoms with Crippen LogP contribution in [-0.4, -0.2) is 34.3 Å². The fourth-order valence-electron chi connectivity index (χ4n) is 2.61. The molecule has 106 valence electrons. The van der Waals surface area contributed by atoms with Crippen molar-refractivity contribution >= 4 is 22.7 Å². The molecule has 1 saturated heterocycles. The molecule has 0 radical (unpaired) electrons. The highest BCUT2D eigenvalue weighted by Gasteiger charge is 2.26. The van der Waals surface area contributed by atoms with E-state index in [-0.39, 0.29) is 6.10 Å². The van der Waals surface area contributed by atoms with E-state index in [4.69, 9.17) is 5.84 Å². The maximum atomic E-state index is 10.1. The highest BCUT2D eigenvalue weighted by Crippen LogP contribution is 2.28. The summed E-state index contributed by atoms with van der Waals surface area (Å²) in [5, 5.41) is 11.1. The number of aromatic nitrogens is 2. The number of aliphatic hydroxyl groups is 1. The lowest BCUT2D eigenvalue weighted by Crippen LogP contribution is -2.43. The number of para-hydroxylation sites is 1. The minimum Gasteiger partial charge on any atom is -0.391 e. The summed E-state index contributed by atoms with van der Waals surface area (Å²) < 4.78 is 0. The van der Waals surface area contributed by atoms with Gasteiger partial charge in [0, 0.05) is 18.5 Å². The van der Waals surface area contributed by atoms with Crippen molar-refractivity contribution in [1.82, 2.24) is 9.97 Å². The van der Waals surface area contributed by atoms with Crippen LogP contribution in [0, 0.1) is 5.92 Å². The van der Waals surface area contributed by atoms with Crippen molar-refractivity contribution in [3.8, 4) is 0 Å². The first kappa shape index (κ1) is 13.1. The second-order valence-electron chi connectivity index (χ2n) is 5.31. The molecule has 3 rings (SSSR count). The van der Waals surface area contributed by atoms with E-state index in [1.165, 1.54) is 0 Å². The molecule has 1 fully saturated rings. The summed E-state index contributed by atoms with van der Waals surface area (Å²) in [5.41, 5.74) is 3.35. The number of rotatable bonds is 2. The molecule has 1 aromatic carbocycles. The zero-order valence-electron chi connectivity index (χ0n) is 11.5. The van der Waals surface area contributed by atoms with Crippen LogP contribution in [0.4, 0.5) is 11.8 Å². The fraction of sp³-hybridized carbons (Fsp3) is 0.429. The number of hydrogen-bond acceptors (Lipinski definition) is 6. The van der Waals surface area contributed by atoms with Crippen LogP contribution in [0.1, 0.15) is 13.3 Å². The van der Waals surface area contributed by atoms with E-state index in [0.29, 0.717) is 18.4 Å². The van der Waals surface area contributed by atoms with Crippen LogP contribution in [0.2, 0.25) is 0 Å². The lowest BCUT2D eigenvalue weighted by atomic mass is 9.96. The molecule has 2 aromatic rings. The highest BCUT2D eigenvalue weighted by atomic mass is 16.3. The quantitative estimate of drug-likeness (QED) is 0.561. The van der Waals surface area contributed by atoms with Crippen LogP contribution in [0.25, 0.3) is 10.9 Å². The minimum atomic E-state index is -0.327. The van der Waals surface area contributed by atoms with Gasteiger partial charge in [0.2, 0.25) is 5.95 Å². The summed E-state index contributed by atoms with van der Waals surface area (Å²) >= 11 is 0. The van der Waals surface area contributed by atoms with Crippen molar-refractivity contribution in [2.24, 2.45) is 11.8 Å². The molecule has 0 amide bonds. The van der Waals surface area contributed by atoms with E-state index >= 15 is 0 Å². The number of β-amino-alcohol motifs (C(OH)–C–C–N with tert-alkyl or cyclic N) is 1. The lowest BCUT2D eigenvalue weighted by molar-refractivity contribution is 0.103. The Bertz CT molecular complexity index is 618. The molecule has 6 nitrogen and oxygen atoms in total. The largest absolute Gasteiger partial charge is 0.391 e. The lowest BCUT2D eigenvalue weighted by Gasteiger charge is -2.35. The first-order valence-electron chi connectivity index (χ1n) is 6.85. The van der Waals surface area contributed by atoms with E-state index in [2.05, 4.69) is 27.2 Å². The first-order valence-corrected chi connectivity index (χ1v) is 6.85. The van der Waals surface area contributed by atoms with E-state index in [0.717, 1.165) is 29.7 Å². The van der Waals surface area contributed by atoms with Gasteiger partial charge in [0.1, 0.15) is 5.82 Å². The molecule has 0 bridgehead atoms. The van der Waals surface area contributed by atoms with Crippen molar-refractivity contribution in [1.29, 1.82) is 0 Å². The number of nitrogens with two attached hydrogens (primary N) is 1. The Kier molecular flexibility index (Phi) is 3.42. The van der Waals surface area contributed by atoms with E-state index < -0.39 is 0 Å². The summed E-state index contributed by atoms with van der Waals surface area (Å²) in [6, 6.07) is 7.83. The van der Waals surface area contributed by atoms with Gasteiger partial charge in [-0.05, 0) is 24.5 Å². The molecule has 6 heteroatoms. The summed E-state index contributed by atoms with van der Waals surface area (Å²) in [7, 11) is 0. The van der Waals surface area contributed by atoms with Crippen molar-refractivity contribution < 1.29 is 5.11 Å². The molecule has 2 atom stereocenters. The Morgan fingerprint density at radius 3 is 2.90 bits per heavy atom. The molecule has 0 aliphatic carbocycles. The Morgan fingerprint density at radius 1 is 1.35 bits per heavy atom. The van der Waals surface area contributed by atoms with Gasteiger partial charge in [-0.2, -0.15) is 4.98 Å². The van der Waals surface area contributed by atoms with Gasteiger partial charge >= 0.3 is 0 Å². The number of piperidine rings is 1. The van der Waals surface area contributed by atoms with Gasteiger partial charge in [-0.3, -0.25) is 5.43 Å². The first-order chi connectivity index (χ1) is 9.69. The maximum Gasteiger partial charge on any atom is 0.239 e. The predicted molar refractivity (Wildman–Crippen MR) is 79.3 cm³/mol. The minimum absolute atomic E-state index is 0.325. The summed E-state index contributed by atoms with van der Waals surface area (Å²) in [6.07, 6.45) is 0.622. The SMILES string of the molecule is CC1CCN(c2nc(NN)nc3ccccc23)CC1O. The van der Waals surface area contributed by atoms with Crippen molar-refractivity contribution in [3.63, 3.8) is 0 Å². The highest BCUT2D eigenvalue weighted by molar-refractivity contribution is 5.90. The van der Waals surface area contributed by atoms with E-state index in [1.807, 2.05) is 24.3 Å².